The Morgan fingerprint density at radius 1 is 1.26 bits per heavy atom. The third-order valence-electron chi connectivity index (χ3n) is 9.02. The van der Waals surface area contributed by atoms with Crippen LogP contribution >= 0.6 is 0 Å². The summed E-state index contributed by atoms with van der Waals surface area (Å²) in [6.45, 7) is 3.42. The van der Waals surface area contributed by atoms with Crippen molar-refractivity contribution < 1.29 is 24.9 Å². The van der Waals surface area contributed by atoms with Gasteiger partial charge >= 0.3 is 0 Å². The minimum Gasteiger partial charge on any atom is -0.393 e. The van der Waals surface area contributed by atoms with Crippen LogP contribution in [0, 0.1) is 40.4 Å². The van der Waals surface area contributed by atoms with Crippen LogP contribution in [0.5, 0.6) is 0 Å². The molecule has 0 unspecified atom stereocenters. The number of carbonyl (C=O) groups excluding carboxylic acids is 2. The number of carbonyl (C=O) groups is 2. The van der Waals surface area contributed by atoms with Crippen LogP contribution in [0.1, 0.15) is 39.5 Å². The molecule has 0 radical (unpaired) electrons. The number of aliphatic hydroxyl groups excluding tert-OH is 2. The minimum atomic E-state index is -1.53. The highest BCUT2D eigenvalue weighted by atomic mass is 16.3. The van der Waals surface area contributed by atoms with Gasteiger partial charge in [-0.25, -0.2) is 0 Å². The number of ketones is 2. The average Bonchev–Trinajstić information content (AvgIpc) is 3.37. The maximum absolute atomic E-state index is 12.6. The Balaban J connectivity index is 1.59. The van der Waals surface area contributed by atoms with Gasteiger partial charge in [-0.3, -0.25) is 9.59 Å². The highest BCUT2D eigenvalue weighted by Crippen LogP contribution is 2.76. The SMILES string of the molecule is C[C@]12C=CC(=O)C=C1CC[C@@H]1[C@@H]2[C@H](O)C[C@@]2(C)[C@H]1[C@H]1C[C@H]1[C@]2(O)C(=O)CO. The Kier molecular flexibility index (Phi) is 3.42. The van der Waals surface area contributed by atoms with E-state index >= 15 is 0 Å². The fraction of sp³-hybridized carbons (Fsp3) is 0.727. The summed E-state index contributed by atoms with van der Waals surface area (Å²) in [4.78, 5) is 24.5. The molecule has 0 aromatic rings. The molecule has 5 aliphatic carbocycles. The fourth-order valence-corrected chi connectivity index (χ4v) is 7.97. The van der Waals surface area contributed by atoms with E-state index in [1.54, 1.807) is 12.2 Å². The third kappa shape index (κ3) is 1.91. The zero-order valence-corrected chi connectivity index (χ0v) is 15.9. The van der Waals surface area contributed by atoms with Gasteiger partial charge in [0.25, 0.3) is 0 Å². The number of fused-ring (bicyclic) bond motifs is 7. The molecule has 0 aromatic heterocycles. The first kappa shape index (κ1) is 17.8. The summed E-state index contributed by atoms with van der Waals surface area (Å²) in [7, 11) is 0. The van der Waals surface area contributed by atoms with Gasteiger partial charge in [0.1, 0.15) is 12.2 Å². The number of Topliss-reactive ketones (excluding diaryl/α,β-unsaturated/α-hetero) is 1. The van der Waals surface area contributed by atoms with Crippen LogP contribution in [-0.2, 0) is 9.59 Å². The smallest absolute Gasteiger partial charge is 0.190 e. The molecule has 5 aliphatic rings. The molecule has 4 fully saturated rings. The van der Waals surface area contributed by atoms with E-state index in [1.165, 1.54) is 0 Å². The first-order chi connectivity index (χ1) is 12.7. The van der Waals surface area contributed by atoms with Gasteiger partial charge in [0.15, 0.2) is 11.6 Å². The van der Waals surface area contributed by atoms with Crippen LogP contribution in [0.2, 0.25) is 0 Å². The van der Waals surface area contributed by atoms with Gasteiger partial charge in [-0.05, 0) is 61.5 Å². The van der Waals surface area contributed by atoms with Gasteiger partial charge in [0, 0.05) is 16.7 Å². The number of allylic oxidation sites excluding steroid dienone is 4. The highest BCUT2D eigenvalue weighted by molar-refractivity contribution is 6.01. The molecule has 27 heavy (non-hydrogen) atoms. The monoisotopic (exact) mass is 372 g/mol. The maximum Gasteiger partial charge on any atom is 0.190 e. The van der Waals surface area contributed by atoms with Crippen LogP contribution in [-0.4, -0.2) is 45.2 Å². The van der Waals surface area contributed by atoms with Crippen molar-refractivity contribution in [3.8, 4) is 0 Å². The zero-order chi connectivity index (χ0) is 19.4. The molecular weight excluding hydrogens is 344 g/mol. The first-order valence-electron chi connectivity index (χ1n) is 10.2. The molecule has 0 bridgehead atoms. The Morgan fingerprint density at radius 3 is 2.70 bits per heavy atom. The molecular formula is C22H28O5. The normalized spacial score (nSPS) is 55.1. The number of hydrogen-bond acceptors (Lipinski definition) is 5. The Hall–Kier alpha value is -1.30. The van der Waals surface area contributed by atoms with E-state index in [-0.39, 0.29) is 34.9 Å². The molecule has 0 aliphatic heterocycles. The second-order valence-electron chi connectivity index (χ2n) is 9.98. The van der Waals surface area contributed by atoms with Crippen molar-refractivity contribution >= 4 is 11.6 Å². The van der Waals surface area contributed by atoms with E-state index in [4.69, 9.17) is 0 Å². The molecule has 5 heteroatoms. The Bertz CT molecular complexity index is 799. The van der Waals surface area contributed by atoms with Crippen molar-refractivity contribution in [3.63, 3.8) is 0 Å². The van der Waals surface area contributed by atoms with Crippen molar-refractivity contribution in [2.24, 2.45) is 40.4 Å². The second kappa shape index (κ2) is 5.19. The van der Waals surface area contributed by atoms with Gasteiger partial charge in [0.05, 0.1) is 6.10 Å². The van der Waals surface area contributed by atoms with Gasteiger partial charge in [-0.15, -0.1) is 0 Å². The standard InChI is InChI=1S/C22H28O5/c1-20-6-5-12(24)7-11(20)3-4-13-18-14-8-15(14)22(27,17(26)10-23)21(18,2)9-16(25)19(13)20/h5-7,13-16,18-19,23,25,27H,3-4,8-10H2,1-2H3/t13-,14-,15+,16+,18+,19+,20-,21-,22-/m0/s1. The molecule has 4 saturated carbocycles. The van der Waals surface area contributed by atoms with E-state index in [2.05, 4.69) is 6.92 Å². The number of hydrogen-bond donors (Lipinski definition) is 3. The molecule has 9 atom stereocenters. The van der Waals surface area contributed by atoms with Gasteiger partial charge in [0.2, 0.25) is 0 Å². The summed E-state index contributed by atoms with van der Waals surface area (Å²) in [5, 5.41) is 32.2. The molecule has 146 valence electrons. The third-order valence-corrected chi connectivity index (χ3v) is 9.02. The Morgan fingerprint density at radius 2 is 2.00 bits per heavy atom. The summed E-state index contributed by atoms with van der Waals surface area (Å²) in [6, 6.07) is 0. The molecule has 0 spiro atoms. The summed E-state index contributed by atoms with van der Waals surface area (Å²) in [5.41, 5.74) is -1.47. The Labute approximate surface area is 159 Å². The van der Waals surface area contributed by atoms with Gasteiger partial charge < -0.3 is 15.3 Å². The average molecular weight is 372 g/mol. The lowest BCUT2D eigenvalue weighted by molar-refractivity contribution is -0.189. The van der Waals surface area contributed by atoms with Crippen LogP contribution < -0.4 is 0 Å². The lowest BCUT2D eigenvalue weighted by atomic mass is 9.45. The van der Waals surface area contributed by atoms with E-state index in [1.807, 2.05) is 13.0 Å². The lowest BCUT2D eigenvalue weighted by Crippen LogP contribution is -2.63. The molecule has 0 amide bonds. The summed E-state index contributed by atoms with van der Waals surface area (Å²) < 4.78 is 0. The largest absolute Gasteiger partial charge is 0.393 e. The fourth-order valence-electron chi connectivity index (χ4n) is 7.97. The summed E-state index contributed by atoms with van der Waals surface area (Å²) in [5.74, 6) is 0.0893. The lowest BCUT2D eigenvalue weighted by Gasteiger charge is -2.60. The van der Waals surface area contributed by atoms with E-state index < -0.39 is 29.5 Å². The predicted octanol–water partition coefficient (Wildman–Crippen LogP) is 1.41. The topological polar surface area (TPSA) is 94.8 Å². The van der Waals surface area contributed by atoms with Crippen LogP contribution in [0.25, 0.3) is 0 Å². The molecule has 0 aromatic carbocycles. The number of rotatable bonds is 2. The van der Waals surface area contributed by atoms with E-state index in [0.717, 1.165) is 24.8 Å². The summed E-state index contributed by atoms with van der Waals surface area (Å²) in [6.07, 6.45) is 7.54. The second-order valence-corrected chi connectivity index (χ2v) is 9.98. The van der Waals surface area contributed by atoms with Crippen molar-refractivity contribution in [3.05, 3.63) is 23.8 Å². The zero-order valence-electron chi connectivity index (χ0n) is 15.9. The predicted molar refractivity (Wildman–Crippen MR) is 97.4 cm³/mol. The molecule has 5 nitrogen and oxygen atoms in total. The van der Waals surface area contributed by atoms with Crippen molar-refractivity contribution in [1.82, 2.24) is 0 Å². The molecule has 0 heterocycles. The molecule has 0 saturated heterocycles. The first-order valence-corrected chi connectivity index (χ1v) is 10.2. The van der Waals surface area contributed by atoms with Crippen molar-refractivity contribution in [1.29, 1.82) is 0 Å². The van der Waals surface area contributed by atoms with E-state index in [9.17, 15) is 24.9 Å². The van der Waals surface area contributed by atoms with Crippen LogP contribution in [0.3, 0.4) is 0 Å². The van der Waals surface area contributed by atoms with Gasteiger partial charge in [-0.1, -0.05) is 25.5 Å². The van der Waals surface area contributed by atoms with Crippen LogP contribution in [0.15, 0.2) is 23.8 Å². The van der Waals surface area contributed by atoms with E-state index in [0.29, 0.717) is 12.3 Å². The minimum absolute atomic E-state index is 0.00671. The molecule has 5 rings (SSSR count). The maximum atomic E-state index is 12.6. The van der Waals surface area contributed by atoms with Crippen LogP contribution in [0.4, 0.5) is 0 Å². The molecule has 3 N–H and O–H groups in total. The van der Waals surface area contributed by atoms with Crippen molar-refractivity contribution in [2.45, 2.75) is 51.2 Å². The number of aliphatic hydroxyl groups is 3. The summed E-state index contributed by atoms with van der Waals surface area (Å²) >= 11 is 0. The van der Waals surface area contributed by atoms with Crippen molar-refractivity contribution in [2.75, 3.05) is 6.61 Å². The quantitative estimate of drug-likeness (QED) is 0.681. The highest BCUT2D eigenvalue weighted by Gasteiger charge is 2.79. The van der Waals surface area contributed by atoms with Gasteiger partial charge in [-0.2, -0.15) is 0 Å².